The molecule has 1 unspecified atom stereocenters. The summed E-state index contributed by atoms with van der Waals surface area (Å²) in [5.74, 6) is 0.496. The molecule has 1 heterocycles. The van der Waals surface area contributed by atoms with Gasteiger partial charge in [-0.25, -0.2) is 0 Å². The Morgan fingerprint density at radius 1 is 1.00 bits per heavy atom. The molecule has 0 radical (unpaired) electrons. The molecule has 1 atom stereocenters. The molecule has 0 N–H and O–H groups in total. The van der Waals surface area contributed by atoms with Gasteiger partial charge in [-0.15, -0.1) is 0 Å². The maximum Gasteiger partial charge on any atom is 0.261 e. The highest BCUT2D eigenvalue weighted by Crippen LogP contribution is 2.31. The van der Waals surface area contributed by atoms with Crippen LogP contribution in [0.5, 0.6) is 5.75 Å². The number of amides is 2. The molecule has 0 saturated carbocycles. The average molecular weight is 321 g/mol. The van der Waals surface area contributed by atoms with Gasteiger partial charge in [0.05, 0.1) is 18.2 Å². The molecule has 4 nitrogen and oxygen atoms in total. The van der Waals surface area contributed by atoms with E-state index in [4.69, 9.17) is 4.74 Å². The lowest BCUT2D eigenvalue weighted by Gasteiger charge is -2.25. The van der Waals surface area contributed by atoms with Gasteiger partial charge in [0.2, 0.25) is 0 Å². The van der Waals surface area contributed by atoms with E-state index < -0.39 is 0 Å². The molecule has 2 aliphatic rings. The van der Waals surface area contributed by atoms with E-state index in [2.05, 4.69) is 6.07 Å². The minimum absolute atomic E-state index is 0.0919. The van der Waals surface area contributed by atoms with Crippen LogP contribution in [0.1, 0.15) is 44.7 Å². The van der Waals surface area contributed by atoms with E-state index in [1.54, 1.807) is 31.4 Å². The van der Waals surface area contributed by atoms with E-state index in [-0.39, 0.29) is 17.9 Å². The zero-order chi connectivity index (χ0) is 16.7. The SMILES string of the molecule is COc1ccc2c(c1)CC(N1C(=O)c3ccccc3C1=O)CCC2. The van der Waals surface area contributed by atoms with Crippen LogP contribution in [-0.2, 0) is 12.8 Å². The quantitative estimate of drug-likeness (QED) is 0.630. The van der Waals surface area contributed by atoms with Crippen LogP contribution in [-0.4, -0.2) is 29.9 Å². The minimum Gasteiger partial charge on any atom is -0.497 e. The lowest BCUT2D eigenvalue weighted by atomic mass is 10.0. The number of hydrogen-bond donors (Lipinski definition) is 0. The lowest BCUT2D eigenvalue weighted by molar-refractivity contribution is 0.0576. The second kappa shape index (κ2) is 5.78. The monoisotopic (exact) mass is 321 g/mol. The Hall–Kier alpha value is -2.62. The molecule has 0 aromatic heterocycles. The molecule has 0 saturated heterocycles. The number of benzene rings is 2. The second-order valence-corrected chi connectivity index (χ2v) is 6.41. The number of carbonyl (C=O) groups is 2. The van der Waals surface area contributed by atoms with Crippen LogP contribution in [0.15, 0.2) is 42.5 Å². The van der Waals surface area contributed by atoms with Crippen LogP contribution in [0, 0.1) is 0 Å². The number of carbonyl (C=O) groups excluding carboxylic acids is 2. The molecule has 24 heavy (non-hydrogen) atoms. The molecular weight excluding hydrogens is 302 g/mol. The summed E-state index contributed by atoms with van der Waals surface area (Å²) in [6, 6.07) is 13.1. The summed E-state index contributed by atoms with van der Waals surface area (Å²) in [5.41, 5.74) is 3.51. The van der Waals surface area contributed by atoms with Crippen molar-refractivity contribution >= 4 is 11.8 Å². The number of imide groups is 1. The zero-order valence-electron chi connectivity index (χ0n) is 13.6. The second-order valence-electron chi connectivity index (χ2n) is 6.41. The first-order valence-electron chi connectivity index (χ1n) is 8.32. The van der Waals surface area contributed by atoms with Gasteiger partial charge in [0.15, 0.2) is 0 Å². The summed E-state index contributed by atoms with van der Waals surface area (Å²) in [4.78, 5) is 26.9. The highest BCUT2D eigenvalue weighted by molar-refractivity contribution is 6.21. The molecule has 4 heteroatoms. The molecule has 2 amide bonds. The summed E-state index contributed by atoms with van der Waals surface area (Å²) in [7, 11) is 1.65. The van der Waals surface area contributed by atoms with Crippen LogP contribution >= 0.6 is 0 Å². The zero-order valence-corrected chi connectivity index (χ0v) is 13.6. The molecule has 0 bridgehead atoms. The van der Waals surface area contributed by atoms with Crippen LogP contribution in [0.3, 0.4) is 0 Å². The Kier molecular flexibility index (Phi) is 3.60. The minimum atomic E-state index is -0.160. The van der Waals surface area contributed by atoms with Crippen molar-refractivity contribution in [1.82, 2.24) is 4.90 Å². The summed E-state index contributed by atoms with van der Waals surface area (Å²) in [5, 5.41) is 0. The van der Waals surface area contributed by atoms with Crippen LogP contribution in [0.4, 0.5) is 0 Å². The first-order valence-corrected chi connectivity index (χ1v) is 8.32. The lowest BCUT2D eigenvalue weighted by Crippen LogP contribution is -2.40. The molecular formula is C20H19NO3. The fraction of sp³-hybridized carbons (Fsp3) is 0.300. The molecule has 1 aliphatic carbocycles. The Bertz CT molecular complexity index is 792. The van der Waals surface area contributed by atoms with Crippen LogP contribution < -0.4 is 4.74 Å². The number of hydrogen-bond acceptors (Lipinski definition) is 3. The topological polar surface area (TPSA) is 46.6 Å². The van der Waals surface area contributed by atoms with Crippen LogP contribution in [0.2, 0.25) is 0 Å². The van der Waals surface area contributed by atoms with Gasteiger partial charge in [-0.1, -0.05) is 18.2 Å². The molecule has 0 spiro atoms. The van der Waals surface area contributed by atoms with E-state index in [0.717, 1.165) is 25.0 Å². The summed E-state index contributed by atoms with van der Waals surface area (Å²) < 4.78 is 5.33. The number of rotatable bonds is 2. The van der Waals surface area contributed by atoms with Crippen molar-refractivity contribution in [3.8, 4) is 5.75 Å². The van der Waals surface area contributed by atoms with Gasteiger partial charge < -0.3 is 4.74 Å². The van der Waals surface area contributed by atoms with Gasteiger partial charge in [-0.05, 0) is 61.1 Å². The van der Waals surface area contributed by atoms with E-state index >= 15 is 0 Å². The van der Waals surface area contributed by atoms with Crippen molar-refractivity contribution in [2.24, 2.45) is 0 Å². The number of methoxy groups -OCH3 is 1. The maximum atomic E-state index is 12.7. The van der Waals surface area contributed by atoms with E-state index in [1.807, 2.05) is 12.1 Å². The third-order valence-corrected chi connectivity index (χ3v) is 5.04. The Morgan fingerprint density at radius 3 is 2.38 bits per heavy atom. The Balaban J connectivity index is 1.68. The third-order valence-electron chi connectivity index (χ3n) is 5.04. The van der Waals surface area contributed by atoms with Gasteiger partial charge >= 0.3 is 0 Å². The summed E-state index contributed by atoms with van der Waals surface area (Å²) in [6.45, 7) is 0. The average Bonchev–Trinajstić information content (AvgIpc) is 2.76. The van der Waals surface area contributed by atoms with Gasteiger partial charge in [0.1, 0.15) is 5.75 Å². The first kappa shape index (κ1) is 14.9. The number of ether oxygens (including phenoxy) is 1. The van der Waals surface area contributed by atoms with Gasteiger partial charge in [-0.2, -0.15) is 0 Å². The predicted octanol–water partition coefficient (Wildman–Crippen LogP) is 3.24. The Morgan fingerprint density at radius 2 is 1.71 bits per heavy atom. The molecule has 122 valence electrons. The first-order chi connectivity index (χ1) is 11.7. The van der Waals surface area contributed by atoms with Gasteiger partial charge in [-0.3, -0.25) is 14.5 Å². The highest BCUT2D eigenvalue weighted by Gasteiger charge is 2.40. The normalized spacial score (nSPS) is 19.7. The third kappa shape index (κ3) is 2.30. The van der Waals surface area contributed by atoms with Crippen molar-refractivity contribution in [2.45, 2.75) is 31.7 Å². The number of fused-ring (bicyclic) bond motifs is 2. The molecule has 4 rings (SSSR count). The highest BCUT2D eigenvalue weighted by atomic mass is 16.5. The molecule has 2 aromatic carbocycles. The van der Waals surface area contributed by atoms with Gasteiger partial charge in [0, 0.05) is 6.04 Å². The Labute approximate surface area is 141 Å². The van der Waals surface area contributed by atoms with Crippen LogP contribution in [0.25, 0.3) is 0 Å². The number of nitrogens with zero attached hydrogens (tertiary/aromatic N) is 1. The van der Waals surface area contributed by atoms with Crippen molar-refractivity contribution in [2.75, 3.05) is 7.11 Å². The molecule has 1 aliphatic heterocycles. The number of aryl methyl sites for hydroxylation is 1. The molecule has 0 fully saturated rings. The van der Waals surface area contributed by atoms with Gasteiger partial charge in [0.25, 0.3) is 11.8 Å². The maximum absolute atomic E-state index is 12.7. The summed E-state index contributed by atoms with van der Waals surface area (Å²) in [6.07, 6.45) is 3.47. The summed E-state index contributed by atoms with van der Waals surface area (Å²) >= 11 is 0. The fourth-order valence-electron chi connectivity index (χ4n) is 3.81. The van der Waals surface area contributed by atoms with E-state index in [0.29, 0.717) is 17.5 Å². The van der Waals surface area contributed by atoms with Crippen molar-refractivity contribution in [3.63, 3.8) is 0 Å². The van der Waals surface area contributed by atoms with E-state index in [1.165, 1.54) is 16.0 Å². The standard InChI is InChI=1S/C20H19NO3/c1-24-16-10-9-13-5-4-6-15(11-14(13)12-16)21-19(22)17-7-2-3-8-18(17)20(21)23/h2-3,7-10,12,15H,4-6,11H2,1H3. The molecule has 2 aromatic rings. The van der Waals surface area contributed by atoms with E-state index in [9.17, 15) is 9.59 Å². The van der Waals surface area contributed by atoms with Crippen molar-refractivity contribution in [3.05, 3.63) is 64.7 Å². The largest absolute Gasteiger partial charge is 0.497 e. The fourth-order valence-corrected chi connectivity index (χ4v) is 3.81. The predicted molar refractivity (Wildman–Crippen MR) is 90.4 cm³/mol. The smallest absolute Gasteiger partial charge is 0.261 e. The van der Waals surface area contributed by atoms with Crippen molar-refractivity contribution < 1.29 is 14.3 Å². The van der Waals surface area contributed by atoms with Crippen molar-refractivity contribution in [1.29, 1.82) is 0 Å².